The monoisotopic (exact) mass is 388 g/mol. The number of hydrogen-bond acceptors (Lipinski definition) is 4. The summed E-state index contributed by atoms with van der Waals surface area (Å²) in [6.07, 6.45) is -4.74. The van der Waals surface area contributed by atoms with Crippen molar-refractivity contribution in [1.29, 1.82) is 0 Å². The van der Waals surface area contributed by atoms with Crippen LogP contribution in [0.25, 0.3) is 22.4 Å². The van der Waals surface area contributed by atoms with Crippen LogP contribution in [0.5, 0.6) is 5.75 Å². The second-order valence-corrected chi connectivity index (χ2v) is 6.14. The summed E-state index contributed by atoms with van der Waals surface area (Å²) < 4.78 is 48.7. The maximum atomic E-state index is 12.5. The van der Waals surface area contributed by atoms with Crippen LogP contribution in [-0.4, -0.2) is 21.2 Å². The predicted molar refractivity (Wildman–Crippen MR) is 95.6 cm³/mol. The fraction of sp³-hybridized carbons (Fsp3) is 0.150. The first-order valence-corrected chi connectivity index (χ1v) is 8.43. The lowest BCUT2D eigenvalue weighted by atomic mass is 10.1. The Morgan fingerprint density at radius 3 is 2.61 bits per heavy atom. The molecule has 0 fully saturated rings. The zero-order chi connectivity index (χ0) is 19.7. The summed E-state index contributed by atoms with van der Waals surface area (Å²) in [6, 6.07) is 16.7. The van der Waals surface area contributed by atoms with E-state index in [1.54, 1.807) is 22.9 Å². The smallest absolute Gasteiger partial charge is 0.457 e. The van der Waals surface area contributed by atoms with Crippen molar-refractivity contribution in [3.63, 3.8) is 0 Å². The Bertz CT molecular complexity index is 1120. The van der Waals surface area contributed by atoms with E-state index in [9.17, 15) is 18.3 Å². The van der Waals surface area contributed by atoms with E-state index in [2.05, 4.69) is 9.84 Å². The molecule has 0 aliphatic rings. The molecule has 144 valence electrons. The minimum atomic E-state index is -4.74. The second-order valence-electron chi connectivity index (χ2n) is 6.14. The quantitative estimate of drug-likeness (QED) is 0.537. The molecule has 0 saturated heterocycles. The molecule has 2 aromatic carbocycles. The maximum absolute atomic E-state index is 12.5. The van der Waals surface area contributed by atoms with Crippen LogP contribution in [0.3, 0.4) is 0 Å². The lowest BCUT2D eigenvalue weighted by Gasteiger charge is -2.10. The van der Waals surface area contributed by atoms with Gasteiger partial charge in [0.2, 0.25) is 0 Å². The first-order chi connectivity index (χ1) is 13.4. The summed E-state index contributed by atoms with van der Waals surface area (Å²) in [7, 11) is 0. The molecule has 0 spiro atoms. The van der Waals surface area contributed by atoms with Gasteiger partial charge in [-0.2, -0.15) is 5.10 Å². The molecule has 28 heavy (non-hydrogen) atoms. The van der Waals surface area contributed by atoms with Gasteiger partial charge < -0.3 is 14.3 Å². The number of furan rings is 1. The van der Waals surface area contributed by atoms with E-state index in [4.69, 9.17) is 4.42 Å². The van der Waals surface area contributed by atoms with E-state index in [-0.39, 0.29) is 18.9 Å². The number of fused-ring (bicyclic) bond motifs is 1. The summed E-state index contributed by atoms with van der Waals surface area (Å²) in [5.74, 6) is 0.652. The summed E-state index contributed by atoms with van der Waals surface area (Å²) >= 11 is 0. The highest BCUT2D eigenvalue weighted by molar-refractivity contribution is 5.92. The summed E-state index contributed by atoms with van der Waals surface area (Å²) in [4.78, 5) is 0. The lowest BCUT2D eigenvalue weighted by Crippen LogP contribution is -2.17. The molecular formula is C20H15F3N2O3. The van der Waals surface area contributed by atoms with Crippen molar-refractivity contribution in [3.8, 4) is 17.2 Å². The number of rotatable bonds is 5. The average molecular weight is 388 g/mol. The van der Waals surface area contributed by atoms with Gasteiger partial charge in [-0.1, -0.05) is 30.3 Å². The zero-order valence-electron chi connectivity index (χ0n) is 14.5. The number of halogens is 3. The summed E-state index contributed by atoms with van der Waals surface area (Å²) in [5, 5.41) is 14.6. The molecule has 0 aliphatic carbocycles. The van der Waals surface area contributed by atoms with Crippen LogP contribution >= 0.6 is 0 Å². The highest BCUT2D eigenvalue weighted by Gasteiger charge is 2.31. The van der Waals surface area contributed by atoms with Crippen molar-refractivity contribution in [2.24, 2.45) is 0 Å². The lowest BCUT2D eigenvalue weighted by molar-refractivity contribution is -0.274. The highest BCUT2D eigenvalue weighted by Crippen LogP contribution is 2.30. The zero-order valence-corrected chi connectivity index (χ0v) is 14.5. The molecule has 0 aliphatic heterocycles. The number of nitrogens with zero attached hydrogens (tertiary/aromatic N) is 2. The predicted octanol–water partition coefficient (Wildman–Crippen LogP) is 4.74. The van der Waals surface area contributed by atoms with Crippen LogP contribution < -0.4 is 4.74 Å². The van der Waals surface area contributed by atoms with Crippen LogP contribution in [0, 0.1) is 0 Å². The van der Waals surface area contributed by atoms with Crippen LogP contribution in [0.2, 0.25) is 0 Å². The number of hydrogen-bond donors (Lipinski definition) is 1. The highest BCUT2D eigenvalue weighted by atomic mass is 19.4. The molecule has 2 heterocycles. The third-order valence-electron chi connectivity index (χ3n) is 4.17. The van der Waals surface area contributed by atoms with Gasteiger partial charge in [0.15, 0.2) is 5.76 Å². The second kappa shape index (κ2) is 7.05. The van der Waals surface area contributed by atoms with E-state index in [0.717, 1.165) is 10.9 Å². The Morgan fingerprint density at radius 1 is 1.04 bits per heavy atom. The van der Waals surface area contributed by atoms with Crippen molar-refractivity contribution >= 4 is 10.9 Å². The fourth-order valence-electron chi connectivity index (χ4n) is 3.03. The third kappa shape index (κ3) is 3.72. The van der Waals surface area contributed by atoms with Crippen LogP contribution in [0.1, 0.15) is 11.3 Å². The maximum Gasteiger partial charge on any atom is 0.573 e. The fourth-order valence-corrected chi connectivity index (χ4v) is 3.03. The Morgan fingerprint density at radius 2 is 1.86 bits per heavy atom. The Labute approximate surface area is 157 Å². The number of para-hydroxylation sites is 1. The van der Waals surface area contributed by atoms with Crippen molar-refractivity contribution in [3.05, 3.63) is 72.0 Å². The van der Waals surface area contributed by atoms with Gasteiger partial charge >= 0.3 is 6.36 Å². The largest absolute Gasteiger partial charge is 0.573 e. The van der Waals surface area contributed by atoms with E-state index >= 15 is 0 Å². The van der Waals surface area contributed by atoms with Crippen LogP contribution in [0.4, 0.5) is 13.2 Å². The van der Waals surface area contributed by atoms with Crippen molar-refractivity contribution in [2.45, 2.75) is 19.5 Å². The van der Waals surface area contributed by atoms with Gasteiger partial charge in [0.25, 0.3) is 0 Å². The standard InChI is InChI=1S/C20H15F3N2O3/c21-20(22,23)28-14-5-3-4-13(10-14)11-25-17-7-2-1-6-16(17)19(24-25)18-9-8-15(12-26)27-18/h1-10,26H,11-12H2. The molecule has 0 radical (unpaired) electrons. The van der Waals surface area contributed by atoms with Crippen LogP contribution in [0.15, 0.2) is 65.1 Å². The molecule has 0 unspecified atom stereocenters. The minimum Gasteiger partial charge on any atom is -0.457 e. The number of aliphatic hydroxyl groups is 1. The van der Waals surface area contributed by atoms with E-state index < -0.39 is 6.36 Å². The van der Waals surface area contributed by atoms with Gasteiger partial charge in [-0.15, -0.1) is 13.2 Å². The third-order valence-corrected chi connectivity index (χ3v) is 4.17. The van der Waals surface area contributed by atoms with Gasteiger partial charge in [-0.3, -0.25) is 4.68 Å². The molecule has 1 N–H and O–H groups in total. The molecule has 8 heteroatoms. The van der Waals surface area contributed by atoms with Gasteiger partial charge in [0, 0.05) is 5.39 Å². The molecule has 0 amide bonds. The Hall–Kier alpha value is -3.26. The molecule has 5 nitrogen and oxygen atoms in total. The molecule has 0 saturated carbocycles. The summed E-state index contributed by atoms with van der Waals surface area (Å²) in [6.45, 7) is 0.0355. The van der Waals surface area contributed by atoms with E-state index in [1.807, 2.05) is 24.3 Å². The topological polar surface area (TPSA) is 60.4 Å². The van der Waals surface area contributed by atoms with Gasteiger partial charge in [0.05, 0.1) is 12.1 Å². The molecule has 0 atom stereocenters. The Balaban J connectivity index is 1.71. The number of benzene rings is 2. The molecule has 0 bridgehead atoms. The summed E-state index contributed by atoms with van der Waals surface area (Å²) in [5.41, 5.74) is 2.01. The first-order valence-electron chi connectivity index (χ1n) is 8.43. The van der Waals surface area contributed by atoms with E-state index in [1.165, 1.54) is 18.2 Å². The van der Waals surface area contributed by atoms with E-state index in [0.29, 0.717) is 22.8 Å². The van der Waals surface area contributed by atoms with Crippen molar-refractivity contribution < 1.29 is 27.4 Å². The normalized spacial score (nSPS) is 11.9. The molecule has 4 aromatic rings. The van der Waals surface area contributed by atoms with Gasteiger partial charge in [-0.25, -0.2) is 0 Å². The number of alkyl halides is 3. The molecule has 2 aromatic heterocycles. The van der Waals surface area contributed by atoms with Crippen molar-refractivity contribution in [2.75, 3.05) is 0 Å². The number of aromatic nitrogens is 2. The number of ether oxygens (including phenoxy) is 1. The minimum absolute atomic E-state index is 0.218. The Kier molecular flexibility index (Phi) is 4.56. The van der Waals surface area contributed by atoms with Crippen molar-refractivity contribution in [1.82, 2.24) is 9.78 Å². The number of aliphatic hydroxyl groups excluding tert-OH is 1. The van der Waals surface area contributed by atoms with Gasteiger partial charge in [0.1, 0.15) is 23.8 Å². The SMILES string of the molecule is OCc1ccc(-c2nn(Cc3cccc(OC(F)(F)F)c3)c3ccccc23)o1. The van der Waals surface area contributed by atoms with Gasteiger partial charge in [-0.05, 0) is 35.9 Å². The first kappa shape index (κ1) is 18.1. The van der Waals surface area contributed by atoms with Crippen LogP contribution in [-0.2, 0) is 13.2 Å². The average Bonchev–Trinajstić information content (AvgIpc) is 3.26. The molecular weight excluding hydrogens is 373 g/mol. The molecule has 4 rings (SSSR count).